The molecule has 0 aliphatic heterocycles. The van der Waals surface area contributed by atoms with Crippen LogP contribution >= 0.6 is 0 Å². The van der Waals surface area contributed by atoms with Gasteiger partial charge in [0.2, 0.25) is 10.0 Å². The molecule has 7 nitrogen and oxygen atoms in total. The number of methoxy groups -OCH3 is 2. The van der Waals surface area contributed by atoms with Crippen LogP contribution in [0.4, 0.5) is 4.39 Å². The van der Waals surface area contributed by atoms with Gasteiger partial charge in [-0.1, -0.05) is 0 Å². The number of aliphatic hydroxyl groups excluding tert-OH is 2. The van der Waals surface area contributed by atoms with E-state index in [1.165, 1.54) is 14.2 Å². The Bertz CT molecular complexity index is 562. The Balaban J connectivity index is 3.12. The highest BCUT2D eigenvalue weighted by Gasteiger charge is 2.23. The Morgan fingerprint density at radius 2 is 1.85 bits per heavy atom. The van der Waals surface area contributed by atoms with Gasteiger partial charge < -0.3 is 19.7 Å². The quantitative estimate of drug-likeness (QED) is 0.625. The van der Waals surface area contributed by atoms with Crippen LogP contribution in [0.2, 0.25) is 0 Å². The molecule has 0 radical (unpaired) electrons. The van der Waals surface area contributed by atoms with Gasteiger partial charge in [0.15, 0.2) is 11.5 Å². The molecule has 1 rings (SSSR count). The molecule has 0 aliphatic carbocycles. The molecular weight excluding hydrogens is 293 g/mol. The second kappa shape index (κ2) is 6.84. The van der Waals surface area contributed by atoms with Crippen molar-refractivity contribution in [2.45, 2.75) is 11.0 Å². The highest BCUT2D eigenvalue weighted by Crippen LogP contribution is 2.31. The van der Waals surface area contributed by atoms with Crippen LogP contribution in [0, 0.1) is 5.82 Å². The molecule has 0 saturated heterocycles. The van der Waals surface area contributed by atoms with Crippen molar-refractivity contribution < 1.29 is 32.5 Å². The average molecular weight is 309 g/mol. The molecule has 0 bridgehead atoms. The lowest BCUT2D eigenvalue weighted by molar-refractivity contribution is 0.0988. The molecule has 3 N–H and O–H groups in total. The van der Waals surface area contributed by atoms with Crippen molar-refractivity contribution >= 4 is 10.0 Å². The van der Waals surface area contributed by atoms with Gasteiger partial charge in [0.05, 0.1) is 26.9 Å². The van der Waals surface area contributed by atoms with E-state index in [9.17, 15) is 12.8 Å². The molecule has 0 fully saturated rings. The maximum absolute atomic E-state index is 13.8. The third kappa shape index (κ3) is 3.79. The number of ether oxygens (including phenoxy) is 2. The molecule has 1 aromatic rings. The van der Waals surface area contributed by atoms with Crippen LogP contribution in [-0.4, -0.2) is 52.1 Å². The molecule has 1 aromatic carbocycles. The van der Waals surface area contributed by atoms with Crippen LogP contribution in [0.25, 0.3) is 0 Å². The Labute approximate surface area is 116 Å². The fraction of sp³-hybridized carbons (Fsp3) is 0.455. The van der Waals surface area contributed by atoms with Crippen LogP contribution in [-0.2, 0) is 10.0 Å². The summed E-state index contributed by atoms with van der Waals surface area (Å²) in [6, 6.07) is 1.86. The predicted molar refractivity (Wildman–Crippen MR) is 67.8 cm³/mol. The molecule has 20 heavy (non-hydrogen) atoms. The average Bonchev–Trinajstić information content (AvgIpc) is 2.44. The van der Waals surface area contributed by atoms with Gasteiger partial charge in [-0.05, 0) is 0 Å². The van der Waals surface area contributed by atoms with Gasteiger partial charge in [0.25, 0.3) is 0 Å². The molecule has 0 aromatic heterocycles. The molecule has 0 amide bonds. The monoisotopic (exact) mass is 309 g/mol. The van der Waals surface area contributed by atoms with Crippen LogP contribution in [0.5, 0.6) is 11.5 Å². The number of hydrogen-bond donors (Lipinski definition) is 3. The fourth-order valence-electron chi connectivity index (χ4n) is 1.39. The summed E-state index contributed by atoms with van der Waals surface area (Å²) in [5.41, 5.74) is 0. The highest BCUT2D eigenvalue weighted by molar-refractivity contribution is 7.89. The van der Waals surface area contributed by atoms with Gasteiger partial charge in [-0.3, -0.25) is 0 Å². The van der Waals surface area contributed by atoms with Gasteiger partial charge in [0, 0.05) is 18.7 Å². The summed E-state index contributed by atoms with van der Waals surface area (Å²) in [5.74, 6) is -0.912. The molecule has 0 aliphatic rings. The van der Waals surface area contributed by atoms with Gasteiger partial charge >= 0.3 is 0 Å². The van der Waals surface area contributed by atoms with E-state index in [0.29, 0.717) is 0 Å². The Morgan fingerprint density at radius 3 is 2.35 bits per heavy atom. The van der Waals surface area contributed by atoms with Crippen molar-refractivity contribution in [2.75, 3.05) is 27.4 Å². The number of hydrogen-bond acceptors (Lipinski definition) is 6. The topological polar surface area (TPSA) is 105 Å². The Hall–Kier alpha value is -1.42. The zero-order chi connectivity index (χ0) is 15.3. The summed E-state index contributed by atoms with van der Waals surface area (Å²) < 4.78 is 49.3. The van der Waals surface area contributed by atoms with Crippen molar-refractivity contribution in [1.29, 1.82) is 0 Å². The van der Waals surface area contributed by atoms with E-state index in [2.05, 4.69) is 0 Å². The first-order valence-electron chi connectivity index (χ1n) is 5.55. The molecule has 1 atom stereocenters. The summed E-state index contributed by atoms with van der Waals surface area (Å²) in [4.78, 5) is -0.639. The van der Waals surface area contributed by atoms with Crippen LogP contribution in [0.1, 0.15) is 0 Å². The maximum atomic E-state index is 13.8. The first-order chi connectivity index (χ1) is 9.35. The van der Waals surface area contributed by atoms with Gasteiger partial charge in [0.1, 0.15) is 10.7 Å². The van der Waals surface area contributed by atoms with Crippen molar-refractivity contribution in [3.8, 4) is 11.5 Å². The minimum atomic E-state index is -4.19. The van der Waals surface area contributed by atoms with E-state index in [1.54, 1.807) is 0 Å². The molecule has 9 heteroatoms. The van der Waals surface area contributed by atoms with Crippen LogP contribution < -0.4 is 14.2 Å². The van der Waals surface area contributed by atoms with Crippen LogP contribution in [0.3, 0.4) is 0 Å². The highest BCUT2D eigenvalue weighted by atomic mass is 32.2. The first kappa shape index (κ1) is 16.6. The largest absolute Gasteiger partial charge is 0.493 e. The molecule has 0 saturated carbocycles. The fourth-order valence-corrected chi connectivity index (χ4v) is 2.53. The van der Waals surface area contributed by atoms with E-state index in [0.717, 1.165) is 12.1 Å². The zero-order valence-corrected chi connectivity index (χ0v) is 11.8. The first-order valence-corrected chi connectivity index (χ1v) is 7.04. The Morgan fingerprint density at radius 1 is 1.30 bits per heavy atom. The lowest BCUT2D eigenvalue weighted by atomic mass is 10.3. The van der Waals surface area contributed by atoms with Gasteiger partial charge in [-0.2, -0.15) is 0 Å². The van der Waals surface area contributed by atoms with E-state index in [4.69, 9.17) is 19.7 Å². The van der Waals surface area contributed by atoms with Crippen LogP contribution in [0.15, 0.2) is 17.0 Å². The van der Waals surface area contributed by atoms with E-state index in [1.807, 2.05) is 4.72 Å². The molecule has 0 heterocycles. The molecule has 0 spiro atoms. The predicted octanol–water partition coefficient (Wildman–Crippen LogP) is -0.526. The standard InChI is InChI=1S/C11H16FNO6S/c1-18-9-3-8(12)11(4-10(9)19-2)20(16,17)13-5-7(15)6-14/h3-4,7,13-15H,5-6H2,1-2H3. The van der Waals surface area contributed by atoms with E-state index >= 15 is 0 Å². The third-order valence-corrected chi connectivity index (χ3v) is 3.89. The van der Waals surface area contributed by atoms with Crippen molar-refractivity contribution in [3.05, 3.63) is 17.9 Å². The molecule has 114 valence electrons. The van der Waals surface area contributed by atoms with Crippen molar-refractivity contribution in [1.82, 2.24) is 4.72 Å². The summed E-state index contributed by atoms with van der Waals surface area (Å²) in [5, 5.41) is 17.7. The van der Waals surface area contributed by atoms with E-state index < -0.39 is 40.0 Å². The third-order valence-electron chi connectivity index (χ3n) is 2.45. The number of aliphatic hydroxyl groups is 2. The summed E-state index contributed by atoms with van der Waals surface area (Å²) in [6.07, 6.45) is -1.27. The number of nitrogens with one attached hydrogen (secondary N) is 1. The van der Waals surface area contributed by atoms with Crippen molar-refractivity contribution in [2.24, 2.45) is 0 Å². The minimum absolute atomic E-state index is 0.0528. The number of benzene rings is 1. The summed E-state index contributed by atoms with van der Waals surface area (Å²) >= 11 is 0. The zero-order valence-electron chi connectivity index (χ0n) is 11.0. The number of halogens is 1. The Kier molecular flexibility index (Phi) is 5.69. The minimum Gasteiger partial charge on any atom is -0.493 e. The smallest absolute Gasteiger partial charge is 0.243 e. The lowest BCUT2D eigenvalue weighted by Crippen LogP contribution is -2.34. The lowest BCUT2D eigenvalue weighted by Gasteiger charge is -2.13. The van der Waals surface area contributed by atoms with Crippen molar-refractivity contribution in [3.63, 3.8) is 0 Å². The molecular formula is C11H16FNO6S. The number of rotatable bonds is 7. The second-order valence-electron chi connectivity index (χ2n) is 3.83. The summed E-state index contributed by atoms with van der Waals surface area (Å²) in [7, 11) is -1.61. The van der Waals surface area contributed by atoms with E-state index in [-0.39, 0.29) is 11.5 Å². The normalized spacial score (nSPS) is 13.1. The van der Waals surface area contributed by atoms with Gasteiger partial charge in [-0.15, -0.1) is 0 Å². The second-order valence-corrected chi connectivity index (χ2v) is 5.56. The maximum Gasteiger partial charge on any atom is 0.243 e. The van der Waals surface area contributed by atoms with Gasteiger partial charge in [-0.25, -0.2) is 17.5 Å². The molecule has 1 unspecified atom stereocenters. The SMILES string of the molecule is COc1cc(F)c(S(=O)(=O)NCC(O)CO)cc1OC. The number of sulfonamides is 1. The summed E-state index contributed by atoms with van der Waals surface area (Å²) in [6.45, 7) is -1.05.